The molecule has 2 aromatic carbocycles. The quantitative estimate of drug-likeness (QED) is 0.664. The number of amides is 2. The molecule has 2 aliphatic rings. The van der Waals surface area contributed by atoms with E-state index in [1.54, 1.807) is 24.3 Å². The number of Topliss-reactive ketones (excluding diaryl/α,β-unsaturated/α-hetero) is 1. The molecule has 0 radical (unpaired) electrons. The molecule has 4 rings (SSSR count). The van der Waals surface area contributed by atoms with E-state index in [-0.39, 0.29) is 35.6 Å². The van der Waals surface area contributed by atoms with Crippen molar-refractivity contribution in [2.24, 2.45) is 5.92 Å². The van der Waals surface area contributed by atoms with E-state index in [1.807, 2.05) is 0 Å². The lowest BCUT2D eigenvalue weighted by molar-refractivity contribution is -0.121. The summed E-state index contributed by atoms with van der Waals surface area (Å²) in [4.78, 5) is 35.7. The maximum Gasteiger partial charge on any atom is 0.262 e. The Morgan fingerprint density at radius 2 is 1.91 bits per heavy atom. The number of ether oxygens (including phenoxy) is 1. The molecular weight excluding hydrogens is 434 g/mol. The molecule has 2 amide bonds. The molecule has 0 spiro atoms. The van der Waals surface area contributed by atoms with E-state index in [1.165, 1.54) is 29.4 Å². The highest BCUT2D eigenvalue weighted by Crippen LogP contribution is 2.32. The summed E-state index contributed by atoms with van der Waals surface area (Å²) in [5.41, 5.74) is 1.40. The van der Waals surface area contributed by atoms with Gasteiger partial charge in [0.15, 0.2) is 12.4 Å². The van der Waals surface area contributed by atoms with Gasteiger partial charge < -0.3 is 15.4 Å². The van der Waals surface area contributed by atoms with Gasteiger partial charge in [-0.2, -0.15) is 4.31 Å². The van der Waals surface area contributed by atoms with Crippen LogP contribution in [0.3, 0.4) is 0 Å². The molecule has 1 atom stereocenters. The number of nitrogens with one attached hydrogen (secondary N) is 2. The van der Waals surface area contributed by atoms with Gasteiger partial charge in [0, 0.05) is 24.3 Å². The molecule has 32 heavy (non-hydrogen) atoms. The normalized spacial score (nSPS) is 18.8. The Labute approximate surface area is 185 Å². The largest absolute Gasteiger partial charge is 0.482 e. The Morgan fingerprint density at radius 1 is 1.16 bits per heavy atom. The zero-order valence-electron chi connectivity index (χ0n) is 17.5. The Bertz CT molecular complexity index is 1180. The number of rotatable bonds is 5. The monoisotopic (exact) mass is 457 g/mol. The zero-order chi connectivity index (χ0) is 22.9. The maximum absolute atomic E-state index is 13.2. The van der Waals surface area contributed by atoms with Crippen molar-refractivity contribution in [1.82, 2.24) is 4.31 Å². The van der Waals surface area contributed by atoms with Gasteiger partial charge in [-0.25, -0.2) is 8.42 Å². The van der Waals surface area contributed by atoms with Gasteiger partial charge in [-0.3, -0.25) is 14.4 Å². The summed E-state index contributed by atoms with van der Waals surface area (Å²) in [6.45, 7) is 1.71. The third-order valence-electron chi connectivity index (χ3n) is 5.54. The lowest BCUT2D eigenvalue weighted by Crippen LogP contribution is -2.43. The number of fused-ring (bicyclic) bond motifs is 1. The average molecular weight is 458 g/mol. The Balaban J connectivity index is 1.47. The molecule has 0 bridgehead atoms. The molecular formula is C22H23N3O6S. The first-order chi connectivity index (χ1) is 15.2. The van der Waals surface area contributed by atoms with Crippen molar-refractivity contribution >= 4 is 39.0 Å². The van der Waals surface area contributed by atoms with E-state index in [4.69, 9.17) is 4.74 Å². The highest BCUT2D eigenvalue weighted by atomic mass is 32.2. The summed E-state index contributed by atoms with van der Waals surface area (Å²) in [6, 6.07) is 10.9. The number of hydrogen-bond donors (Lipinski definition) is 2. The molecule has 2 aliphatic heterocycles. The SMILES string of the molecule is CC(=O)c1ccc(NC(=O)[C@@H]2CCCN(S(=O)(=O)c3ccc4c(c3)NC(=O)CO4)C2)cc1. The molecule has 2 aromatic rings. The van der Waals surface area contributed by atoms with Crippen molar-refractivity contribution in [1.29, 1.82) is 0 Å². The third kappa shape index (κ3) is 4.51. The van der Waals surface area contributed by atoms with Crippen LogP contribution >= 0.6 is 0 Å². The molecule has 0 saturated carbocycles. The molecule has 2 N–H and O–H groups in total. The van der Waals surface area contributed by atoms with Crippen LogP contribution < -0.4 is 15.4 Å². The summed E-state index contributed by atoms with van der Waals surface area (Å²) < 4.78 is 33.0. The lowest BCUT2D eigenvalue weighted by Gasteiger charge is -2.31. The van der Waals surface area contributed by atoms with Crippen LogP contribution in [0.15, 0.2) is 47.4 Å². The molecule has 9 nitrogen and oxygen atoms in total. The van der Waals surface area contributed by atoms with Crippen molar-refractivity contribution in [3.05, 3.63) is 48.0 Å². The fourth-order valence-corrected chi connectivity index (χ4v) is 5.33. The number of sulfonamides is 1. The smallest absolute Gasteiger partial charge is 0.262 e. The fourth-order valence-electron chi connectivity index (χ4n) is 3.78. The predicted molar refractivity (Wildman–Crippen MR) is 117 cm³/mol. The first kappa shape index (κ1) is 22.0. The van der Waals surface area contributed by atoms with E-state index < -0.39 is 15.9 Å². The van der Waals surface area contributed by atoms with Crippen molar-refractivity contribution in [2.75, 3.05) is 30.3 Å². The minimum atomic E-state index is -3.86. The second-order valence-corrected chi connectivity index (χ2v) is 9.76. The Morgan fingerprint density at radius 3 is 2.62 bits per heavy atom. The number of piperidine rings is 1. The van der Waals surface area contributed by atoms with Crippen LogP contribution in [-0.4, -0.2) is 50.0 Å². The van der Waals surface area contributed by atoms with E-state index in [9.17, 15) is 22.8 Å². The van der Waals surface area contributed by atoms with Crippen molar-refractivity contribution in [3.8, 4) is 5.75 Å². The van der Waals surface area contributed by atoms with Crippen LogP contribution in [-0.2, 0) is 19.6 Å². The Hall–Kier alpha value is -3.24. The van der Waals surface area contributed by atoms with Gasteiger partial charge in [-0.15, -0.1) is 0 Å². The number of nitrogens with zero attached hydrogens (tertiary/aromatic N) is 1. The molecule has 10 heteroatoms. The zero-order valence-corrected chi connectivity index (χ0v) is 18.3. The minimum absolute atomic E-state index is 0.0305. The van der Waals surface area contributed by atoms with E-state index in [2.05, 4.69) is 10.6 Å². The minimum Gasteiger partial charge on any atom is -0.482 e. The topological polar surface area (TPSA) is 122 Å². The molecule has 0 aromatic heterocycles. The standard InChI is InChI=1S/C22H23N3O6S/c1-14(26)15-4-6-17(7-5-15)23-22(28)16-3-2-10-25(12-16)32(29,30)18-8-9-20-19(11-18)24-21(27)13-31-20/h4-9,11,16H,2-3,10,12-13H2,1H3,(H,23,28)(H,24,27)/t16-/m1/s1. The average Bonchev–Trinajstić information content (AvgIpc) is 2.79. The third-order valence-corrected chi connectivity index (χ3v) is 7.40. The number of carbonyl (C=O) groups is 3. The van der Waals surface area contributed by atoms with Crippen LogP contribution in [0.2, 0.25) is 0 Å². The van der Waals surface area contributed by atoms with Gasteiger partial charge in [0.1, 0.15) is 5.75 Å². The van der Waals surface area contributed by atoms with Gasteiger partial charge in [0.2, 0.25) is 15.9 Å². The van der Waals surface area contributed by atoms with Gasteiger partial charge in [0.25, 0.3) is 5.91 Å². The predicted octanol–water partition coefficient (Wildman–Crippen LogP) is 2.26. The lowest BCUT2D eigenvalue weighted by atomic mass is 9.98. The number of carbonyl (C=O) groups excluding carboxylic acids is 3. The summed E-state index contributed by atoms with van der Waals surface area (Å²) in [5.74, 6) is -0.782. The molecule has 2 heterocycles. The maximum atomic E-state index is 13.2. The number of anilines is 2. The first-order valence-corrected chi connectivity index (χ1v) is 11.7. The summed E-state index contributed by atoms with van der Waals surface area (Å²) in [5, 5.41) is 5.41. The molecule has 1 fully saturated rings. The molecule has 0 unspecified atom stereocenters. The summed E-state index contributed by atoms with van der Waals surface area (Å²) >= 11 is 0. The van der Waals surface area contributed by atoms with Gasteiger partial charge in [-0.1, -0.05) is 0 Å². The highest BCUT2D eigenvalue weighted by Gasteiger charge is 2.34. The summed E-state index contributed by atoms with van der Waals surface area (Å²) in [7, 11) is -3.86. The fraction of sp³-hybridized carbons (Fsp3) is 0.318. The highest BCUT2D eigenvalue weighted by molar-refractivity contribution is 7.89. The van der Waals surface area contributed by atoms with Crippen LogP contribution in [0, 0.1) is 5.92 Å². The van der Waals surface area contributed by atoms with Crippen LogP contribution in [0.5, 0.6) is 5.75 Å². The molecule has 1 saturated heterocycles. The van der Waals surface area contributed by atoms with Crippen LogP contribution in [0.1, 0.15) is 30.1 Å². The van der Waals surface area contributed by atoms with Crippen LogP contribution in [0.4, 0.5) is 11.4 Å². The van der Waals surface area contributed by atoms with Gasteiger partial charge >= 0.3 is 0 Å². The van der Waals surface area contributed by atoms with Crippen molar-refractivity contribution in [2.45, 2.75) is 24.7 Å². The number of hydrogen-bond acceptors (Lipinski definition) is 6. The Kier molecular flexibility index (Phi) is 5.98. The number of ketones is 1. The molecule has 168 valence electrons. The van der Waals surface area contributed by atoms with E-state index >= 15 is 0 Å². The van der Waals surface area contributed by atoms with Crippen LogP contribution in [0.25, 0.3) is 0 Å². The second kappa shape index (κ2) is 8.71. The second-order valence-electron chi connectivity index (χ2n) is 7.82. The van der Waals surface area contributed by atoms with Gasteiger partial charge in [-0.05, 0) is 62.2 Å². The van der Waals surface area contributed by atoms with Gasteiger partial charge in [0.05, 0.1) is 16.5 Å². The van der Waals surface area contributed by atoms with E-state index in [0.717, 1.165) is 0 Å². The summed E-state index contributed by atoms with van der Waals surface area (Å²) in [6.07, 6.45) is 1.11. The molecule has 0 aliphatic carbocycles. The first-order valence-electron chi connectivity index (χ1n) is 10.2. The van der Waals surface area contributed by atoms with Crippen molar-refractivity contribution in [3.63, 3.8) is 0 Å². The van der Waals surface area contributed by atoms with Crippen molar-refractivity contribution < 1.29 is 27.5 Å². The number of benzene rings is 2. The van der Waals surface area contributed by atoms with E-state index in [0.29, 0.717) is 42.1 Å².